The van der Waals surface area contributed by atoms with Crippen LogP contribution in [0.5, 0.6) is 5.75 Å². The fourth-order valence-electron chi connectivity index (χ4n) is 3.86. The number of ketones is 2. The lowest BCUT2D eigenvalue weighted by molar-refractivity contribution is -0.155. The summed E-state index contributed by atoms with van der Waals surface area (Å²) in [6.07, 6.45) is 0. The molecule has 0 spiro atoms. The van der Waals surface area contributed by atoms with E-state index in [1.807, 2.05) is 30.3 Å². The molecule has 2 aromatic carbocycles. The third kappa shape index (κ3) is 5.16. The third-order valence-corrected chi connectivity index (χ3v) is 5.46. The normalized spacial score (nSPS) is 17.1. The first-order valence-electron chi connectivity index (χ1n) is 10.9. The number of halogens is 1. The topological polar surface area (TPSA) is 98.8 Å². The average Bonchev–Trinajstić information content (AvgIpc) is 2.75. The highest BCUT2D eigenvalue weighted by Crippen LogP contribution is 2.41. The van der Waals surface area contributed by atoms with Gasteiger partial charge in [-0.1, -0.05) is 30.3 Å². The Morgan fingerprint density at radius 1 is 1.06 bits per heavy atom. The van der Waals surface area contributed by atoms with Gasteiger partial charge < -0.3 is 14.8 Å². The molecule has 0 fully saturated rings. The number of hydrogen-bond donors (Lipinski definition) is 1. The first kappa shape index (κ1) is 25.1. The number of hydrogen-bond acceptors (Lipinski definition) is 6. The summed E-state index contributed by atoms with van der Waals surface area (Å²) in [4.78, 5) is 50.9. The van der Waals surface area contributed by atoms with E-state index >= 15 is 4.39 Å². The van der Waals surface area contributed by atoms with E-state index in [-0.39, 0.29) is 23.5 Å². The molecule has 1 N–H and O–H groups in total. The van der Waals surface area contributed by atoms with Crippen molar-refractivity contribution in [3.63, 3.8) is 0 Å². The molecular weight excluding hydrogens is 441 g/mol. The van der Waals surface area contributed by atoms with Crippen molar-refractivity contribution in [1.82, 2.24) is 5.32 Å². The van der Waals surface area contributed by atoms with E-state index in [1.165, 1.54) is 26.0 Å². The molecule has 0 saturated carbocycles. The number of esters is 1. The van der Waals surface area contributed by atoms with Crippen molar-refractivity contribution in [1.29, 1.82) is 0 Å². The maximum absolute atomic E-state index is 15.4. The molecule has 180 valence electrons. The third-order valence-electron chi connectivity index (χ3n) is 5.46. The Labute approximate surface area is 197 Å². The number of fused-ring (bicyclic) bond motifs is 1. The molecule has 0 aliphatic heterocycles. The van der Waals surface area contributed by atoms with Gasteiger partial charge in [0.2, 0.25) is 5.91 Å². The highest BCUT2D eigenvalue weighted by Gasteiger charge is 2.51. The van der Waals surface area contributed by atoms with Crippen LogP contribution in [0.2, 0.25) is 0 Å². The SMILES string of the molecule is CC(C)(C)OC(=O)CNC(=O)C1C(=O)c2ccc(OCc3ccccc3)c(F)c2C(C)(C)C1=O. The van der Waals surface area contributed by atoms with E-state index in [0.717, 1.165) is 5.56 Å². The second-order valence-corrected chi connectivity index (χ2v) is 9.67. The zero-order valence-electron chi connectivity index (χ0n) is 19.9. The Bertz CT molecular complexity index is 1130. The predicted octanol–water partition coefficient (Wildman–Crippen LogP) is 3.52. The van der Waals surface area contributed by atoms with E-state index in [0.29, 0.717) is 0 Å². The van der Waals surface area contributed by atoms with Crippen LogP contribution in [-0.2, 0) is 31.1 Å². The van der Waals surface area contributed by atoms with E-state index in [2.05, 4.69) is 5.32 Å². The minimum absolute atomic E-state index is 0.0634. The van der Waals surface area contributed by atoms with E-state index in [1.54, 1.807) is 20.8 Å². The number of nitrogens with one attached hydrogen (secondary N) is 1. The van der Waals surface area contributed by atoms with Crippen molar-refractivity contribution in [2.45, 2.75) is 52.2 Å². The van der Waals surface area contributed by atoms with Gasteiger partial charge in [0.15, 0.2) is 29.1 Å². The minimum Gasteiger partial charge on any atom is -0.486 e. The Morgan fingerprint density at radius 2 is 1.71 bits per heavy atom. The highest BCUT2D eigenvalue weighted by atomic mass is 19.1. The maximum Gasteiger partial charge on any atom is 0.325 e. The predicted molar refractivity (Wildman–Crippen MR) is 122 cm³/mol. The lowest BCUT2D eigenvalue weighted by atomic mass is 9.66. The molecule has 7 nitrogen and oxygen atoms in total. The van der Waals surface area contributed by atoms with Gasteiger partial charge in [0.25, 0.3) is 0 Å². The lowest BCUT2D eigenvalue weighted by Crippen LogP contribution is -2.52. The van der Waals surface area contributed by atoms with Crippen LogP contribution in [0.4, 0.5) is 4.39 Å². The van der Waals surface area contributed by atoms with Crippen LogP contribution in [0.25, 0.3) is 0 Å². The van der Waals surface area contributed by atoms with Gasteiger partial charge in [0.05, 0.1) is 5.41 Å². The zero-order valence-corrected chi connectivity index (χ0v) is 19.9. The average molecular weight is 470 g/mol. The van der Waals surface area contributed by atoms with Crippen molar-refractivity contribution < 1.29 is 33.0 Å². The van der Waals surface area contributed by atoms with Gasteiger partial charge in [-0.2, -0.15) is 0 Å². The lowest BCUT2D eigenvalue weighted by Gasteiger charge is -2.35. The number of amides is 1. The summed E-state index contributed by atoms with van der Waals surface area (Å²) in [6.45, 7) is 7.54. The molecule has 1 amide bonds. The molecule has 0 aromatic heterocycles. The van der Waals surface area contributed by atoms with Crippen molar-refractivity contribution in [3.05, 3.63) is 65.0 Å². The molecule has 1 aliphatic rings. The quantitative estimate of drug-likeness (QED) is 0.513. The molecule has 1 unspecified atom stereocenters. The van der Waals surface area contributed by atoms with Crippen LogP contribution < -0.4 is 10.1 Å². The van der Waals surface area contributed by atoms with Crippen molar-refractivity contribution >= 4 is 23.4 Å². The van der Waals surface area contributed by atoms with Gasteiger partial charge in [0, 0.05) is 11.1 Å². The van der Waals surface area contributed by atoms with Gasteiger partial charge in [-0.3, -0.25) is 19.2 Å². The van der Waals surface area contributed by atoms with Crippen LogP contribution in [0.15, 0.2) is 42.5 Å². The Hall–Kier alpha value is -3.55. The Balaban J connectivity index is 1.84. The second-order valence-electron chi connectivity index (χ2n) is 9.67. The van der Waals surface area contributed by atoms with Crippen LogP contribution in [0.3, 0.4) is 0 Å². The molecule has 3 rings (SSSR count). The van der Waals surface area contributed by atoms with Gasteiger partial charge in [-0.05, 0) is 52.3 Å². The number of benzene rings is 2. The van der Waals surface area contributed by atoms with Gasteiger partial charge in [-0.25, -0.2) is 4.39 Å². The van der Waals surface area contributed by atoms with Crippen molar-refractivity contribution in [2.24, 2.45) is 5.92 Å². The molecule has 0 saturated heterocycles. The van der Waals surface area contributed by atoms with Crippen molar-refractivity contribution in [3.8, 4) is 5.75 Å². The summed E-state index contributed by atoms with van der Waals surface area (Å²) < 4.78 is 26.2. The van der Waals surface area contributed by atoms with Gasteiger partial charge in [-0.15, -0.1) is 0 Å². The monoisotopic (exact) mass is 469 g/mol. The van der Waals surface area contributed by atoms with Crippen molar-refractivity contribution in [2.75, 3.05) is 6.54 Å². The van der Waals surface area contributed by atoms with E-state index in [4.69, 9.17) is 9.47 Å². The number of carbonyl (C=O) groups excluding carboxylic acids is 4. The fraction of sp³-hybridized carbons (Fsp3) is 0.385. The first-order valence-corrected chi connectivity index (χ1v) is 10.9. The highest BCUT2D eigenvalue weighted by molar-refractivity contribution is 6.29. The van der Waals surface area contributed by atoms with Crippen LogP contribution in [0.1, 0.15) is 56.1 Å². The summed E-state index contributed by atoms with van der Waals surface area (Å²) in [5, 5.41) is 2.30. The Morgan fingerprint density at radius 3 is 2.32 bits per heavy atom. The van der Waals surface area contributed by atoms with Crippen LogP contribution in [0, 0.1) is 11.7 Å². The number of rotatable bonds is 6. The minimum atomic E-state index is -1.69. The second kappa shape index (κ2) is 9.37. The molecule has 1 atom stereocenters. The number of ether oxygens (including phenoxy) is 2. The molecule has 8 heteroatoms. The standard InChI is InChI=1S/C26H28FNO6/c1-25(2,3)34-18(29)13-28-24(32)19-22(30)16-11-12-17(33-14-15-9-7-6-8-10-15)21(27)20(16)26(4,5)23(19)31/h6-12,19H,13-14H2,1-5H3,(H,28,32). The molecule has 0 bridgehead atoms. The van der Waals surface area contributed by atoms with Crippen LogP contribution in [-0.4, -0.2) is 35.6 Å². The zero-order chi connectivity index (χ0) is 25.3. The van der Waals surface area contributed by atoms with Crippen LogP contribution >= 0.6 is 0 Å². The van der Waals surface area contributed by atoms with Gasteiger partial charge >= 0.3 is 5.97 Å². The van der Waals surface area contributed by atoms with Gasteiger partial charge in [0.1, 0.15) is 18.8 Å². The summed E-state index contributed by atoms with van der Waals surface area (Å²) in [5.74, 6) is -5.82. The van der Waals surface area contributed by atoms with E-state index < -0.39 is 52.7 Å². The molecule has 1 aliphatic carbocycles. The molecule has 0 heterocycles. The largest absolute Gasteiger partial charge is 0.486 e. The Kier molecular flexibility index (Phi) is 6.91. The van der Waals surface area contributed by atoms with E-state index in [9.17, 15) is 19.2 Å². The first-order chi connectivity index (χ1) is 15.8. The number of Topliss-reactive ketones (excluding diaryl/α,β-unsaturated/α-hetero) is 2. The summed E-state index contributed by atoms with van der Waals surface area (Å²) in [7, 11) is 0. The number of carbonyl (C=O) groups is 4. The molecule has 34 heavy (non-hydrogen) atoms. The maximum atomic E-state index is 15.4. The molecule has 0 radical (unpaired) electrons. The summed E-state index contributed by atoms with van der Waals surface area (Å²) in [5.41, 5.74) is -1.58. The fourth-order valence-corrected chi connectivity index (χ4v) is 3.86. The smallest absolute Gasteiger partial charge is 0.325 e. The molecular formula is C26H28FNO6. The summed E-state index contributed by atoms with van der Waals surface area (Å²) in [6, 6.07) is 11.8. The summed E-state index contributed by atoms with van der Waals surface area (Å²) >= 11 is 0. The molecule has 2 aromatic rings.